The Morgan fingerprint density at radius 3 is 2.54 bits per heavy atom. The summed E-state index contributed by atoms with van der Waals surface area (Å²) in [6, 6.07) is 13.4. The average molecular weight is 496 g/mol. The lowest BCUT2D eigenvalue weighted by Crippen LogP contribution is -2.30. The van der Waals surface area contributed by atoms with Crippen LogP contribution in [0.4, 0.5) is 11.4 Å². The lowest BCUT2D eigenvalue weighted by molar-refractivity contribution is -0.114. The van der Waals surface area contributed by atoms with Crippen molar-refractivity contribution in [2.45, 2.75) is 19.9 Å². The minimum absolute atomic E-state index is 0. The van der Waals surface area contributed by atoms with Gasteiger partial charge in [0.2, 0.25) is 5.91 Å². The van der Waals surface area contributed by atoms with Crippen molar-refractivity contribution in [3.63, 3.8) is 0 Å². The number of halogens is 1. The van der Waals surface area contributed by atoms with E-state index in [1.54, 1.807) is 7.05 Å². The maximum Gasteiger partial charge on any atom is 0.221 e. The van der Waals surface area contributed by atoms with E-state index in [1.807, 2.05) is 42.5 Å². The van der Waals surface area contributed by atoms with E-state index in [0.717, 1.165) is 34.9 Å². The highest BCUT2D eigenvalue weighted by atomic mass is 127. The van der Waals surface area contributed by atoms with Crippen LogP contribution in [0.5, 0.6) is 11.5 Å². The van der Waals surface area contributed by atoms with Crippen LogP contribution >= 0.6 is 24.0 Å². The Morgan fingerprint density at radius 1 is 1.04 bits per heavy atom. The van der Waals surface area contributed by atoms with Crippen LogP contribution in [0, 0.1) is 0 Å². The van der Waals surface area contributed by atoms with Gasteiger partial charge in [-0.25, -0.2) is 0 Å². The number of hydrogen-bond donors (Lipinski definition) is 3. The van der Waals surface area contributed by atoms with Crippen LogP contribution in [-0.2, 0) is 11.3 Å². The predicted octanol–water partition coefficient (Wildman–Crippen LogP) is 3.61. The number of aliphatic imine (C=N–C) groups is 1. The molecule has 1 aliphatic heterocycles. The molecule has 0 saturated carbocycles. The van der Waals surface area contributed by atoms with E-state index in [-0.39, 0.29) is 29.9 Å². The fraction of sp³-hybridized carbons (Fsp3) is 0.300. The zero-order valence-corrected chi connectivity index (χ0v) is 18.3. The van der Waals surface area contributed by atoms with Crippen molar-refractivity contribution in [3.8, 4) is 11.5 Å². The van der Waals surface area contributed by atoms with E-state index >= 15 is 0 Å². The predicted molar refractivity (Wildman–Crippen MR) is 122 cm³/mol. The number of fused-ring (bicyclic) bond motifs is 1. The molecule has 0 saturated heterocycles. The fourth-order valence-corrected chi connectivity index (χ4v) is 2.71. The first-order chi connectivity index (χ1) is 13.1. The van der Waals surface area contributed by atoms with Crippen molar-refractivity contribution in [1.82, 2.24) is 5.32 Å². The van der Waals surface area contributed by atoms with Gasteiger partial charge in [0.15, 0.2) is 17.5 Å². The summed E-state index contributed by atoms with van der Waals surface area (Å²) in [5.41, 5.74) is 2.66. The van der Waals surface area contributed by atoms with Crippen molar-refractivity contribution < 1.29 is 14.3 Å². The van der Waals surface area contributed by atoms with Gasteiger partial charge in [-0.15, -0.1) is 24.0 Å². The van der Waals surface area contributed by atoms with Gasteiger partial charge < -0.3 is 25.4 Å². The Kier molecular flexibility index (Phi) is 8.37. The highest BCUT2D eigenvalue weighted by Crippen LogP contribution is 2.32. The van der Waals surface area contributed by atoms with Crippen molar-refractivity contribution in [2.24, 2.45) is 4.99 Å². The molecule has 28 heavy (non-hydrogen) atoms. The zero-order chi connectivity index (χ0) is 19.1. The lowest BCUT2D eigenvalue weighted by Gasteiger charge is -2.14. The van der Waals surface area contributed by atoms with E-state index in [2.05, 4.69) is 20.9 Å². The van der Waals surface area contributed by atoms with Gasteiger partial charge >= 0.3 is 0 Å². The molecule has 8 heteroatoms. The van der Waals surface area contributed by atoms with Gasteiger partial charge in [-0.3, -0.25) is 9.79 Å². The number of amides is 1. The van der Waals surface area contributed by atoms with Crippen LogP contribution in [0.3, 0.4) is 0 Å². The molecule has 2 aromatic carbocycles. The van der Waals surface area contributed by atoms with Crippen molar-refractivity contribution in [2.75, 3.05) is 30.9 Å². The van der Waals surface area contributed by atoms with Crippen LogP contribution in [0.25, 0.3) is 0 Å². The highest BCUT2D eigenvalue weighted by molar-refractivity contribution is 14.0. The summed E-state index contributed by atoms with van der Waals surface area (Å²) in [5, 5.41) is 9.29. The standard InChI is InChI=1S/C20H24N4O3.HI/c1-14(25)23-16-6-3-5-15(11-16)13-22-20(21-2)24-17-7-8-18-19(12-17)27-10-4-9-26-18;/h3,5-8,11-12H,4,9-10,13H2,1-2H3,(H,23,25)(H2,21,22,24);1H. The normalized spacial score (nSPS) is 13.0. The van der Waals surface area contributed by atoms with Gasteiger partial charge in [-0.05, 0) is 29.8 Å². The monoisotopic (exact) mass is 496 g/mol. The molecular weight excluding hydrogens is 471 g/mol. The van der Waals surface area contributed by atoms with Crippen LogP contribution in [0.1, 0.15) is 18.9 Å². The first-order valence-electron chi connectivity index (χ1n) is 8.88. The third-order valence-electron chi connectivity index (χ3n) is 3.94. The summed E-state index contributed by atoms with van der Waals surface area (Å²) in [4.78, 5) is 15.4. The molecule has 0 aliphatic carbocycles. The summed E-state index contributed by atoms with van der Waals surface area (Å²) in [6.45, 7) is 3.37. The molecule has 3 rings (SSSR count). The molecule has 0 fully saturated rings. The molecule has 0 spiro atoms. The Hall–Kier alpha value is -2.49. The van der Waals surface area contributed by atoms with Crippen molar-refractivity contribution >= 4 is 47.2 Å². The molecule has 1 heterocycles. The molecule has 0 atom stereocenters. The minimum atomic E-state index is -0.0907. The quantitative estimate of drug-likeness (QED) is 0.342. The number of carbonyl (C=O) groups excluding carboxylic acids is 1. The molecule has 0 aromatic heterocycles. The molecule has 2 aromatic rings. The number of rotatable bonds is 4. The number of anilines is 2. The molecule has 1 amide bonds. The SMILES string of the molecule is CN=C(NCc1cccc(NC(C)=O)c1)Nc1ccc2c(c1)OCCCO2.I. The molecule has 150 valence electrons. The molecule has 0 unspecified atom stereocenters. The van der Waals surface area contributed by atoms with Gasteiger partial charge in [-0.1, -0.05) is 12.1 Å². The van der Waals surface area contributed by atoms with Gasteiger partial charge in [0.1, 0.15) is 0 Å². The smallest absolute Gasteiger partial charge is 0.221 e. The van der Waals surface area contributed by atoms with Gasteiger partial charge in [0, 0.05) is 44.4 Å². The maximum absolute atomic E-state index is 11.2. The highest BCUT2D eigenvalue weighted by Gasteiger charge is 2.11. The summed E-state index contributed by atoms with van der Waals surface area (Å²) in [5.74, 6) is 2.04. The number of ether oxygens (including phenoxy) is 2. The fourth-order valence-electron chi connectivity index (χ4n) is 2.71. The Labute approximate surface area is 181 Å². The molecule has 3 N–H and O–H groups in total. The van der Waals surface area contributed by atoms with E-state index in [0.29, 0.717) is 25.7 Å². The molecular formula is C20H25IN4O3. The van der Waals surface area contributed by atoms with Crippen LogP contribution < -0.4 is 25.4 Å². The van der Waals surface area contributed by atoms with Gasteiger partial charge in [0.05, 0.1) is 13.2 Å². The molecule has 0 radical (unpaired) electrons. The summed E-state index contributed by atoms with van der Waals surface area (Å²) in [6.07, 6.45) is 0.873. The Balaban J connectivity index is 0.00000280. The second-order valence-electron chi connectivity index (χ2n) is 6.14. The number of benzene rings is 2. The molecule has 7 nitrogen and oxygen atoms in total. The first-order valence-corrected chi connectivity index (χ1v) is 8.88. The van der Waals surface area contributed by atoms with Crippen molar-refractivity contribution in [3.05, 3.63) is 48.0 Å². The third kappa shape index (κ3) is 6.29. The Morgan fingerprint density at radius 2 is 1.79 bits per heavy atom. The number of carbonyl (C=O) groups is 1. The minimum Gasteiger partial charge on any atom is -0.490 e. The third-order valence-corrected chi connectivity index (χ3v) is 3.94. The summed E-state index contributed by atoms with van der Waals surface area (Å²) >= 11 is 0. The lowest BCUT2D eigenvalue weighted by atomic mass is 10.2. The maximum atomic E-state index is 11.2. The van der Waals surface area contributed by atoms with Crippen LogP contribution in [-0.4, -0.2) is 32.1 Å². The topological polar surface area (TPSA) is 84.0 Å². The molecule has 1 aliphatic rings. The number of guanidine groups is 1. The average Bonchev–Trinajstić information content (AvgIpc) is 2.90. The Bertz CT molecular complexity index is 842. The summed E-state index contributed by atoms with van der Waals surface area (Å²) < 4.78 is 11.4. The van der Waals surface area contributed by atoms with Crippen molar-refractivity contribution in [1.29, 1.82) is 0 Å². The summed E-state index contributed by atoms with van der Waals surface area (Å²) in [7, 11) is 1.71. The number of nitrogens with zero attached hydrogens (tertiary/aromatic N) is 1. The first kappa shape index (κ1) is 21.8. The van der Waals surface area contributed by atoms with Crippen LogP contribution in [0.15, 0.2) is 47.5 Å². The van der Waals surface area contributed by atoms with Gasteiger partial charge in [-0.2, -0.15) is 0 Å². The van der Waals surface area contributed by atoms with Gasteiger partial charge in [0.25, 0.3) is 0 Å². The second-order valence-corrected chi connectivity index (χ2v) is 6.14. The van der Waals surface area contributed by atoms with E-state index in [9.17, 15) is 4.79 Å². The number of hydrogen-bond acceptors (Lipinski definition) is 4. The zero-order valence-electron chi connectivity index (χ0n) is 16.0. The van der Waals surface area contributed by atoms with Crippen LogP contribution in [0.2, 0.25) is 0 Å². The molecule has 0 bridgehead atoms. The van der Waals surface area contributed by atoms with E-state index in [1.165, 1.54) is 6.92 Å². The largest absolute Gasteiger partial charge is 0.490 e. The number of nitrogens with one attached hydrogen (secondary N) is 3. The second kappa shape index (κ2) is 10.7. The van der Waals surface area contributed by atoms with E-state index in [4.69, 9.17) is 9.47 Å². The van der Waals surface area contributed by atoms with E-state index < -0.39 is 0 Å².